The summed E-state index contributed by atoms with van der Waals surface area (Å²) in [6, 6.07) is -3.62. The zero-order chi connectivity index (χ0) is 24.1. The average molecular weight is 444 g/mol. The number of carboxylic acids is 1. The first-order valence-corrected chi connectivity index (χ1v) is 11.0. The van der Waals surface area contributed by atoms with Gasteiger partial charge in [0, 0.05) is 0 Å². The molecule has 0 aliphatic rings. The molecular weight excluding hydrogens is 402 g/mol. The zero-order valence-electron chi connectivity index (χ0n) is 19.4. The second-order valence-corrected chi connectivity index (χ2v) is 8.54. The van der Waals surface area contributed by atoms with Crippen molar-refractivity contribution in [3.05, 3.63) is 0 Å². The summed E-state index contributed by atoms with van der Waals surface area (Å²) < 4.78 is 0. The third kappa shape index (κ3) is 11.1. The molecule has 0 aromatic rings. The van der Waals surface area contributed by atoms with Gasteiger partial charge in [0.2, 0.25) is 17.7 Å². The SMILES string of the molecule is CCC(C)C(NC(=O)C(C)N)C(=O)NC(CC(C)C)C(=O)NC(CCCCN)C(=O)O. The number of carbonyl (C=O) groups excluding carboxylic acids is 3. The average Bonchev–Trinajstić information content (AvgIpc) is 2.69. The molecule has 0 heterocycles. The van der Waals surface area contributed by atoms with Crippen LogP contribution in [-0.2, 0) is 19.2 Å². The van der Waals surface area contributed by atoms with Crippen LogP contribution in [0.5, 0.6) is 0 Å². The number of nitrogens with one attached hydrogen (secondary N) is 3. The molecule has 0 saturated carbocycles. The van der Waals surface area contributed by atoms with E-state index in [1.54, 1.807) is 0 Å². The number of hydrogen-bond acceptors (Lipinski definition) is 6. The molecule has 5 atom stereocenters. The van der Waals surface area contributed by atoms with Crippen LogP contribution in [0.3, 0.4) is 0 Å². The van der Waals surface area contributed by atoms with Crippen molar-refractivity contribution >= 4 is 23.7 Å². The van der Waals surface area contributed by atoms with E-state index in [1.165, 1.54) is 6.92 Å². The number of carboxylic acid groups (broad SMARTS) is 1. The van der Waals surface area contributed by atoms with Crippen molar-refractivity contribution in [1.29, 1.82) is 0 Å². The number of hydrogen-bond donors (Lipinski definition) is 6. The maximum atomic E-state index is 13.0. The van der Waals surface area contributed by atoms with Gasteiger partial charge in [0.25, 0.3) is 0 Å². The molecule has 0 aromatic heterocycles. The van der Waals surface area contributed by atoms with Gasteiger partial charge in [-0.25, -0.2) is 4.79 Å². The van der Waals surface area contributed by atoms with Crippen LogP contribution < -0.4 is 27.4 Å². The van der Waals surface area contributed by atoms with Crippen LogP contribution in [0.15, 0.2) is 0 Å². The van der Waals surface area contributed by atoms with Crippen molar-refractivity contribution < 1.29 is 24.3 Å². The summed E-state index contributed by atoms with van der Waals surface area (Å²) in [5.74, 6) is -2.79. The predicted octanol–water partition coefficient (Wildman–Crippen LogP) is 0.0938. The van der Waals surface area contributed by atoms with Crippen molar-refractivity contribution in [3.63, 3.8) is 0 Å². The number of amides is 3. The van der Waals surface area contributed by atoms with Crippen molar-refractivity contribution in [2.24, 2.45) is 23.3 Å². The van der Waals surface area contributed by atoms with E-state index in [0.29, 0.717) is 32.2 Å². The summed E-state index contributed by atoms with van der Waals surface area (Å²) in [6.45, 7) is 9.46. The molecule has 0 aromatic carbocycles. The molecule has 0 saturated heterocycles. The summed E-state index contributed by atoms with van der Waals surface area (Å²) >= 11 is 0. The minimum absolute atomic E-state index is 0.0669. The Morgan fingerprint density at radius 2 is 1.45 bits per heavy atom. The first kappa shape index (κ1) is 28.8. The Hall–Kier alpha value is -2.20. The molecule has 10 nitrogen and oxygen atoms in total. The Morgan fingerprint density at radius 1 is 0.871 bits per heavy atom. The summed E-state index contributed by atoms with van der Waals surface area (Å²) in [6.07, 6.45) is 2.42. The predicted molar refractivity (Wildman–Crippen MR) is 119 cm³/mol. The highest BCUT2D eigenvalue weighted by molar-refractivity contribution is 5.94. The summed E-state index contributed by atoms with van der Waals surface area (Å²) in [4.78, 5) is 49.4. The fourth-order valence-electron chi connectivity index (χ4n) is 2.97. The standard InChI is InChI=1S/C21H41N5O5/c1-6-13(4)17(26-18(27)14(5)23)20(29)25-16(11-12(2)3)19(28)24-15(21(30)31)9-7-8-10-22/h12-17H,6-11,22-23H2,1-5H3,(H,24,28)(H,25,29)(H,26,27)(H,30,31). The van der Waals surface area contributed by atoms with E-state index in [-0.39, 0.29) is 18.3 Å². The topological polar surface area (TPSA) is 177 Å². The monoisotopic (exact) mass is 443 g/mol. The molecule has 3 amide bonds. The Kier molecular flexibility index (Phi) is 13.7. The Morgan fingerprint density at radius 3 is 1.90 bits per heavy atom. The second-order valence-electron chi connectivity index (χ2n) is 8.54. The highest BCUT2D eigenvalue weighted by Gasteiger charge is 2.32. The number of unbranched alkanes of at least 4 members (excludes halogenated alkanes) is 1. The van der Waals surface area contributed by atoms with E-state index in [0.717, 1.165) is 0 Å². The lowest BCUT2D eigenvalue weighted by Crippen LogP contribution is -2.58. The number of carbonyl (C=O) groups is 4. The number of aliphatic carboxylic acids is 1. The van der Waals surface area contributed by atoms with E-state index in [9.17, 15) is 24.3 Å². The van der Waals surface area contributed by atoms with Crippen LogP contribution in [0.2, 0.25) is 0 Å². The van der Waals surface area contributed by atoms with Gasteiger partial charge in [-0.15, -0.1) is 0 Å². The Bertz CT molecular complexity index is 597. The molecule has 0 radical (unpaired) electrons. The second kappa shape index (κ2) is 14.7. The van der Waals surface area contributed by atoms with Crippen LogP contribution in [0.25, 0.3) is 0 Å². The van der Waals surface area contributed by atoms with Gasteiger partial charge in [0.1, 0.15) is 18.1 Å². The van der Waals surface area contributed by atoms with Gasteiger partial charge < -0.3 is 32.5 Å². The van der Waals surface area contributed by atoms with Gasteiger partial charge >= 0.3 is 5.97 Å². The van der Waals surface area contributed by atoms with Crippen molar-refractivity contribution in [2.75, 3.05) is 6.54 Å². The molecule has 0 rings (SSSR count). The third-order valence-corrected chi connectivity index (χ3v) is 5.11. The minimum atomic E-state index is -1.14. The van der Waals surface area contributed by atoms with Crippen LogP contribution in [0, 0.1) is 11.8 Å². The fraction of sp³-hybridized carbons (Fsp3) is 0.810. The van der Waals surface area contributed by atoms with Gasteiger partial charge in [-0.3, -0.25) is 14.4 Å². The van der Waals surface area contributed by atoms with E-state index in [4.69, 9.17) is 11.5 Å². The molecule has 0 aliphatic heterocycles. The quantitative estimate of drug-likeness (QED) is 0.194. The van der Waals surface area contributed by atoms with E-state index >= 15 is 0 Å². The van der Waals surface area contributed by atoms with Crippen molar-refractivity contribution in [1.82, 2.24) is 16.0 Å². The van der Waals surface area contributed by atoms with Gasteiger partial charge in [0.05, 0.1) is 6.04 Å². The largest absolute Gasteiger partial charge is 0.480 e. The molecule has 180 valence electrons. The smallest absolute Gasteiger partial charge is 0.326 e. The molecule has 8 N–H and O–H groups in total. The van der Waals surface area contributed by atoms with Gasteiger partial charge in [-0.2, -0.15) is 0 Å². The van der Waals surface area contributed by atoms with Gasteiger partial charge in [-0.1, -0.05) is 34.1 Å². The van der Waals surface area contributed by atoms with Crippen LogP contribution in [0.4, 0.5) is 0 Å². The molecule has 0 bridgehead atoms. The first-order valence-electron chi connectivity index (χ1n) is 11.0. The van der Waals surface area contributed by atoms with E-state index in [1.807, 2.05) is 27.7 Å². The maximum absolute atomic E-state index is 13.0. The Labute approximate surface area is 185 Å². The molecule has 0 spiro atoms. The summed E-state index contributed by atoms with van der Waals surface area (Å²) in [7, 11) is 0. The lowest BCUT2D eigenvalue weighted by Gasteiger charge is -2.28. The molecule has 31 heavy (non-hydrogen) atoms. The number of nitrogens with two attached hydrogens (primary N) is 2. The normalized spacial score (nSPS) is 16.0. The van der Waals surface area contributed by atoms with Crippen LogP contribution in [-0.4, -0.2) is 59.5 Å². The fourth-order valence-corrected chi connectivity index (χ4v) is 2.97. The van der Waals surface area contributed by atoms with Gasteiger partial charge in [-0.05, 0) is 51.0 Å². The lowest BCUT2D eigenvalue weighted by atomic mass is 9.96. The third-order valence-electron chi connectivity index (χ3n) is 5.11. The van der Waals surface area contributed by atoms with Crippen molar-refractivity contribution in [3.8, 4) is 0 Å². The molecule has 0 fully saturated rings. The number of rotatable bonds is 15. The molecular formula is C21H41N5O5. The summed E-state index contributed by atoms with van der Waals surface area (Å²) in [5, 5.41) is 17.3. The zero-order valence-corrected chi connectivity index (χ0v) is 19.4. The Balaban J connectivity index is 5.41. The molecule has 0 aliphatic carbocycles. The minimum Gasteiger partial charge on any atom is -0.480 e. The summed E-state index contributed by atoms with van der Waals surface area (Å²) in [5.41, 5.74) is 11.1. The van der Waals surface area contributed by atoms with Crippen molar-refractivity contribution in [2.45, 2.75) is 90.9 Å². The first-order chi connectivity index (χ1) is 14.4. The van der Waals surface area contributed by atoms with Crippen LogP contribution >= 0.6 is 0 Å². The lowest BCUT2D eigenvalue weighted by molar-refractivity contribution is -0.142. The molecule has 10 heteroatoms. The highest BCUT2D eigenvalue weighted by Crippen LogP contribution is 2.12. The molecule has 5 unspecified atom stereocenters. The van der Waals surface area contributed by atoms with E-state index in [2.05, 4.69) is 16.0 Å². The van der Waals surface area contributed by atoms with Crippen LogP contribution in [0.1, 0.15) is 66.7 Å². The maximum Gasteiger partial charge on any atom is 0.326 e. The highest BCUT2D eigenvalue weighted by atomic mass is 16.4. The van der Waals surface area contributed by atoms with Gasteiger partial charge in [0.15, 0.2) is 0 Å². The van der Waals surface area contributed by atoms with E-state index < -0.39 is 47.9 Å².